The predicted octanol–water partition coefficient (Wildman–Crippen LogP) is 4.44. The lowest BCUT2D eigenvalue weighted by Gasteiger charge is -2.21. The molecule has 1 N–H and O–H groups in total. The van der Waals surface area contributed by atoms with Crippen molar-refractivity contribution >= 4 is 15.9 Å². The highest BCUT2D eigenvalue weighted by atomic mass is 79.9. The van der Waals surface area contributed by atoms with Crippen LogP contribution in [0.1, 0.15) is 36.6 Å². The molecule has 112 valence electrons. The van der Waals surface area contributed by atoms with E-state index in [1.165, 1.54) is 17.2 Å². The first-order valence-corrected chi connectivity index (χ1v) is 8.05. The van der Waals surface area contributed by atoms with Gasteiger partial charge in [0.05, 0.1) is 0 Å². The van der Waals surface area contributed by atoms with E-state index in [0.29, 0.717) is 0 Å². The first-order valence-electron chi connectivity index (χ1n) is 7.25. The molecule has 2 nitrogen and oxygen atoms in total. The standard InChI is InChI=1S/C17H20BrFN2/c1-3-12-11-20-8-7-15(12)17(21-4-2)10-13-9-14(19)5-6-16(13)18/h5-9,11,17,21H,3-4,10H2,1-2H3. The normalized spacial score (nSPS) is 12.4. The molecule has 0 saturated carbocycles. The molecule has 21 heavy (non-hydrogen) atoms. The molecular weight excluding hydrogens is 331 g/mol. The number of nitrogens with zero attached hydrogens (tertiary/aromatic N) is 1. The summed E-state index contributed by atoms with van der Waals surface area (Å²) in [6.45, 7) is 5.07. The zero-order chi connectivity index (χ0) is 15.2. The number of aromatic nitrogens is 1. The second-order valence-electron chi connectivity index (χ2n) is 4.98. The van der Waals surface area contributed by atoms with Gasteiger partial charge >= 0.3 is 0 Å². The van der Waals surface area contributed by atoms with Crippen molar-refractivity contribution in [2.45, 2.75) is 32.7 Å². The van der Waals surface area contributed by atoms with Gasteiger partial charge in [-0.2, -0.15) is 0 Å². The van der Waals surface area contributed by atoms with Gasteiger partial charge in [0, 0.05) is 22.9 Å². The third-order valence-corrected chi connectivity index (χ3v) is 4.35. The Hall–Kier alpha value is -1.26. The number of halogens is 2. The number of pyridine rings is 1. The van der Waals surface area contributed by atoms with Crippen LogP contribution in [-0.2, 0) is 12.8 Å². The van der Waals surface area contributed by atoms with Crippen molar-refractivity contribution in [1.29, 1.82) is 0 Å². The first-order chi connectivity index (χ1) is 10.2. The molecule has 0 saturated heterocycles. The SMILES string of the molecule is CCNC(Cc1cc(F)ccc1Br)c1ccncc1CC. The zero-order valence-electron chi connectivity index (χ0n) is 12.4. The van der Waals surface area contributed by atoms with E-state index in [4.69, 9.17) is 0 Å². The minimum atomic E-state index is -0.200. The molecule has 2 aromatic rings. The molecule has 0 aliphatic rings. The van der Waals surface area contributed by atoms with Gasteiger partial charge in [0.2, 0.25) is 0 Å². The highest BCUT2D eigenvalue weighted by Gasteiger charge is 2.16. The maximum atomic E-state index is 13.5. The van der Waals surface area contributed by atoms with Crippen molar-refractivity contribution in [2.24, 2.45) is 0 Å². The van der Waals surface area contributed by atoms with E-state index in [1.807, 2.05) is 12.4 Å². The Kier molecular flexibility index (Phi) is 5.88. The fourth-order valence-corrected chi connectivity index (χ4v) is 2.94. The van der Waals surface area contributed by atoms with Gasteiger partial charge in [0.1, 0.15) is 5.82 Å². The number of benzene rings is 1. The van der Waals surface area contributed by atoms with Gasteiger partial charge in [-0.3, -0.25) is 4.98 Å². The maximum Gasteiger partial charge on any atom is 0.123 e. The molecule has 1 atom stereocenters. The number of likely N-dealkylation sites (N-methyl/N-ethyl adjacent to an activating group) is 1. The van der Waals surface area contributed by atoms with E-state index in [2.05, 4.69) is 46.1 Å². The molecule has 4 heteroatoms. The van der Waals surface area contributed by atoms with Crippen molar-refractivity contribution in [1.82, 2.24) is 10.3 Å². The number of rotatable bonds is 6. The van der Waals surface area contributed by atoms with Crippen LogP contribution in [0.15, 0.2) is 41.1 Å². The van der Waals surface area contributed by atoms with Crippen LogP contribution in [0.2, 0.25) is 0 Å². The Labute approximate surface area is 133 Å². The summed E-state index contributed by atoms with van der Waals surface area (Å²) in [4.78, 5) is 4.20. The van der Waals surface area contributed by atoms with Crippen molar-refractivity contribution in [3.05, 3.63) is 63.6 Å². The average Bonchev–Trinajstić information content (AvgIpc) is 2.50. The maximum absolute atomic E-state index is 13.5. The predicted molar refractivity (Wildman–Crippen MR) is 87.8 cm³/mol. The Bertz CT molecular complexity index is 601. The molecule has 0 radical (unpaired) electrons. The van der Waals surface area contributed by atoms with E-state index < -0.39 is 0 Å². The van der Waals surface area contributed by atoms with Gasteiger partial charge in [0.25, 0.3) is 0 Å². The lowest BCUT2D eigenvalue weighted by Crippen LogP contribution is -2.24. The van der Waals surface area contributed by atoms with E-state index in [1.54, 1.807) is 12.1 Å². The molecule has 0 amide bonds. The average molecular weight is 351 g/mol. The smallest absolute Gasteiger partial charge is 0.123 e. The molecule has 0 aliphatic heterocycles. The summed E-state index contributed by atoms with van der Waals surface area (Å²) in [5.74, 6) is -0.200. The van der Waals surface area contributed by atoms with E-state index >= 15 is 0 Å². The summed E-state index contributed by atoms with van der Waals surface area (Å²) < 4.78 is 14.4. The van der Waals surface area contributed by atoms with Crippen LogP contribution in [0, 0.1) is 5.82 Å². The Morgan fingerprint density at radius 1 is 1.24 bits per heavy atom. The number of hydrogen-bond acceptors (Lipinski definition) is 2. The fourth-order valence-electron chi connectivity index (χ4n) is 2.53. The van der Waals surface area contributed by atoms with Gasteiger partial charge in [0.15, 0.2) is 0 Å². The molecule has 1 heterocycles. The topological polar surface area (TPSA) is 24.9 Å². The summed E-state index contributed by atoms with van der Waals surface area (Å²) in [5.41, 5.74) is 3.45. The van der Waals surface area contributed by atoms with Gasteiger partial charge in [-0.25, -0.2) is 4.39 Å². The van der Waals surface area contributed by atoms with Crippen LogP contribution in [0.5, 0.6) is 0 Å². The summed E-state index contributed by atoms with van der Waals surface area (Å²) in [6, 6.07) is 7.05. The third kappa shape index (κ3) is 4.11. The molecule has 0 aliphatic carbocycles. The van der Waals surface area contributed by atoms with Crippen LogP contribution < -0.4 is 5.32 Å². The van der Waals surface area contributed by atoms with Gasteiger partial charge < -0.3 is 5.32 Å². The van der Waals surface area contributed by atoms with Crippen LogP contribution in [0.3, 0.4) is 0 Å². The molecule has 2 rings (SSSR count). The molecule has 0 bridgehead atoms. The molecule has 1 aromatic carbocycles. The number of nitrogens with one attached hydrogen (secondary N) is 1. The van der Waals surface area contributed by atoms with E-state index in [0.717, 1.165) is 29.4 Å². The minimum Gasteiger partial charge on any atom is -0.310 e. The largest absolute Gasteiger partial charge is 0.310 e. The van der Waals surface area contributed by atoms with Crippen LogP contribution in [-0.4, -0.2) is 11.5 Å². The first kappa shape index (κ1) is 16.1. The Morgan fingerprint density at radius 3 is 2.76 bits per heavy atom. The van der Waals surface area contributed by atoms with Crippen LogP contribution >= 0.6 is 15.9 Å². The van der Waals surface area contributed by atoms with Gasteiger partial charge in [-0.15, -0.1) is 0 Å². The number of aryl methyl sites for hydroxylation is 1. The second-order valence-corrected chi connectivity index (χ2v) is 5.83. The van der Waals surface area contributed by atoms with E-state index in [-0.39, 0.29) is 11.9 Å². The summed E-state index contributed by atoms with van der Waals surface area (Å²) >= 11 is 3.51. The quantitative estimate of drug-likeness (QED) is 0.832. The molecular formula is C17H20BrFN2. The Balaban J connectivity index is 2.33. The highest BCUT2D eigenvalue weighted by molar-refractivity contribution is 9.10. The van der Waals surface area contributed by atoms with Crippen LogP contribution in [0.4, 0.5) is 4.39 Å². The Morgan fingerprint density at radius 2 is 2.05 bits per heavy atom. The monoisotopic (exact) mass is 350 g/mol. The molecule has 0 spiro atoms. The van der Waals surface area contributed by atoms with Gasteiger partial charge in [-0.05, 0) is 60.3 Å². The van der Waals surface area contributed by atoms with Crippen LogP contribution in [0.25, 0.3) is 0 Å². The summed E-state index contributed by atoms with van der Waals surface area (Å²) in [5, 5.41) is 3.50. The zero-order valence-corrected chi connectivity index (χ0v) is 14.0. The molecule has 0 fully saturated rings. The molecule has 1 unspecified atom stereocenters. The third-order valence-electron chi connectivity index (χ3n) is 3.58. The number of hydrogen-bond donors (Lipinski definition) is 1. The van der Waals surface area contributed by atoms with Crippen molar-refractivity contribution < 1.29 is 4.39 Å². The molecule has 1 aromatic heterocycles. The lowest BCUT2D eigenvalue weighted by molar-refractivity contribution is 0.541. The summed E-state index contributed by atoms with van der Waals surface area (Å²) in [6.07, 6.45) is 5.42. The highest BCUT2D eigenvalue weighted by Crippen LogP contribution is 2.26. The van der Waals surface area contributed by atoms with Crippen molar-refractivity contribution in [3.63, 3.8) is 0 Å². The lowest BCUT2D eigenvalue weighted by atomic mass is 9.95. The fraction of sp³-hybridized carbons (Fsp3) is 0.353. The second kappa shape index (κ2) is 7.66. The minimum absolute atomic E-state index is 0.158. The van der Waals surface area contributed by atoms with Crippen molar-refractivity contribution in [3.8, 4) is 0 Å². The van der Waals surface area contributed by atoms with Crippen molar-refractivity contribution in [2.75, 3.05) is 6.54 Å². The van der Waals surface area contributed by atoms with Gasteiger partial charge in [-0.1, -0.05) is 29.8 Å². The van der Waals surface area contributed by atoms with E-state index in [9.17, 15) is 4.39 Å². The summed E-state index contributed by atoms with van der Waals surface area (Å²) in [7, 11) is 0.